The lowest BCUT2D eigenvalue weighted by Crippen LogP contribution is -2.59. The van der Waals surface area contributed by atoms with Gasteiger partial charge in [0.2, 0.25) is 17.7 Å². The van der Waals surface area contributed by atoms with E-state index in [9.17, 15) is 24.3 Å². The van der Waals surface area contributed by atoms with Crippen molar-refractivity contribution >= 4 is 23.8 Å². The van der Waals surface area contributed by atoms with Crippen molar-refractivity contribution in [2.24, 2.45) is 5.73 Å². The Hall–Kier alpha value is -3.30. The Kier molecular flexibility index (Phi) is 12.1. The number of hydrogen-bond donors (Lipinski definition) is 4. The van der Waals surface area contributed by atoms with Gasteiger partial charge in [-0.25, -0.2) is 4.79 Å². The lowest BCUT2D eigenvalue weighted by Gasteiger charge is -2.44. The normalized spacial score (nSPS) is 13.3. The highest BCUT2D eigenvalue weighted by Gasteiger charge is 2.43. The van der Waals surface area contributed by atoms with Gasteiger partial charge in [0.15, 0.2) is 0 Å². The van der Waals surface area contributed by atoms with Crippen LogP contribution >= 0.6 is 0 Å². The van der Waals surface area contributed by atoms with Crippen molar-refractivity contribution < 1.29 is 29.0 Å². The van der Waals surface area contributed by atoms with Crippen molar-refractivity contribution in [3.63, 3.8) is 0 Å². The smallest absolute Gasteiger partial charge is 0.408 e. The van der Waals surface area contributed by atoms with Gasteiger partial charge < -0.3 is 31.1 Å². The molecule has 0 heterocycles. The van der Waals surface area contributed by atoms with E-state index >= 15 is 0 Å². The molecule has 0 spiro atoms. The summed E-state index contributed by atoms with van der Waals surface area (Å²) in [6, 6.07) is 2.53. The van der Waals surface area contributed by atoms with Crippen LogP contribution in [0.15, 0.2) is 18.2 Å². The molecule has 38 heavy (non-hydrogen) atoms. The SMILES string of the molecule is CCCCNC(=O)C(c1ccc(O)c(C)c1)N(C(=O)C(CCC(N)=O)NC(=O)OC(C)(C)C)C(C)(C)CC. The number of phenols is 1. The maximum absolute atomic E-state index is 14.2. The Morgan fingerprint density at radius 1 is 1.11 bits per heavy atom. The van der Waals surface area contributed by atoms with Crippen molar-refractivity contribution in [3.8, 4) is 5.75 Å². The molecular formula is C28H46N4O6. The van der Waals surface area contributed by atoms with Gasteiger partial charge in [-0.15, -0.1) is 0 Å². The molecule has 1 aromatic carbocycles. The zero-order chi connectivity index (χ0) is 29.3. The van der Waals surface area contributed by atoms with E-state index in [1.54, 1.807) is 39.8 Å². The Labute approximate surface area is 226 Å². The molecule has 2 unspecified atom stereocenters. The standard InChI is InChI=1S/C28H46N4O6/c1-9-11-16-30-24(35)23(19-12-14-21(33)18(3)17-19)32(28(7,8)10-2)25(36)20(13-15-22(29)34)31-26(37)38-27(4,5)6/h12,14,17,20,23,33H,9-11,13,15-16H2,1-8H3,(H2,29,34)(H,30,35)(H,31,37). The average molecular weight is 535 g/mol. The Morgan fingerprint density at radius 2 is 1.74 bits per heavy atom. The number of amides is 4. The number of nitrogens with zero attached hydrogens (tertiary/aromatic N) is 1. The fourth-order valence-corrected chi connectivity index (χ4v) is 3.86. The number of alkyl carbamates (subject to hydrolysis) is 1. The molecule has 4 amide bonds. The number of nitrogens with two attached hydrogens (primary N) is 1. The van der Waals surface area contributed by atoms with Crippen LogP contribution in [-0.2, 0) is 19.1 Å². The predicted octanol–water partition coefficient (Wildman–Crippen LogP) is 3.83. The number of benzene rings is 1. The molecule has 10 heteroatoms. The Bertz CT molecular complexity index is 986. The quantitative estimate of drug-likeness (QED) is 0.282. The summed E-state index contributed by atoms with van der Waals surface area (Å²) < 4.78 is 5.36. The lowest BCUT2D eigenvalue weighted by molar-refractivity contribution is -0.149. The van der Waals surface area contributed by atoms with Gasteiger partial charge in [0.1, 0.15) is 23.4 Å². The zero-order valence-corrected chi connectivity index (χ0v) is 24.1. The third-order valence-corrected chi connectivity index (χ3v) is 6.30. The number of carbonyl (C=O) groups is 4. The number of rotatable bonds is 13. The maximum atomic E-state index is 14.2. The molecule has 0 aliphatic rings. The van der Waals surface area contributed by atoms with Crippen LogP contribution < -0.4 is 16.4 Å². The number of phenolic OH excluding ortho intramolecular Hbond substituents is 1. The first-order valence-corrected chi connectivity index (χ1v) is 13.2. The summed E-state index contributed by atoms with van der Waals surface area (Å²) >= 11 is 0. The van der Waals surface area contributed by atoms with Gasteiger partial charge in [0.05, 0.1) is 0 Å². The largest absolute Gasteiger partial charge is 0.508 e. The number of aromatic hydroxyl groups is 1. The van der Waals surface area contributed by atoms with Crippen molar-refractivity contribution in [1.29, 1.82) is 0 Å². The van der Waals surface area contributed by atoms with E-state index in [1.165, 1.54) is 11.0 Å². The molecular weight excluding hydrogens is 488 g/mol. The van der Waals surface area contributed by atoms with Crippen LogP contribution in [0.4, 0.5) is 4.79 Å². The second-order valence-electron chi connectivity index (χ2n) is 11.2. The van der Waals surface area contributed by atoms with E-state index in [0.717, 1.165) is 12.8 Å². The van der Waals surface area contributed by atoms with Gasteiger partial charge in [-0.2, -0.15) is 0 Å². The van der Waals surface area contributed by atoms with Crippen LogP contribution in [0.3, 0.4) is 0 Å². The zero-order valence-electron chi connectivity index (χ0n) is 24.1. The Morgan fingerprint density at radius 3 is 2.24 bits per heavy atom. The number of unbranched alkanes of at least 4 members (excludes halogenated alkanes) is 1. The van der Waals surface area contributed by atoms with Crippen molar-refractivity contribution in [1.82, 2.24) is 15.5 Å². The van der Waals surface area contributed by atoms with Crippen LogP contribution in [0.2, 0.25) is 0 Å². The number of carbonyl (C=O) groups excluding carboxylic acids is 4. The average Bonchev–Trinajstić information content (AvgIpc) is 2.80. The van der Waals surface area contributed by atoms with E-state index in [-0.39, 0.29) is 24.5 Å². The van der Waals surface area contributed by atoms with Crippen LogP contribution in [0, 0.1) is 6.92 Å². The topological polar surface area (TPSA) is 151 Å². The molecule has 5 N–H and O–H groups in total. The number of primary amides is 1. The number of aryl methyl sites for hydroxylation is 1. The van der Waals surface area contributed by atoms with Gasteiger partial charge in [0, 0.05) is 18.5 Å². The van der Waals surface area contributed by atoms with Crippen molar-refractivity contribution in [2.75, 3.05) is 6.54 Å². The minimum Gasteiger partial charge on any atom is -0.508 e. The molecule has 0 saturated heterocycles. The summed E-state index contributed by atoms with van der Waals surface area (Å²) in [5, 5.41) is 15.6. The lowest BCUT2D eigenvalue weighted by atomic mass is 9.91. The van der Waals surface area contributed by atoms with Gasteiger partial charge >= 0.3 is 6.09 Å². The summed E-state index contributed by atoms with van der Waals surface area (Å²) in [5.74, 6) is -1.50. The summed E-state index contributed by atoms with van der Waals surface area (Å²) in [7, 11) is 0. The summed E-state index contributed by atoms with van der Waals surface area (Å²) in [4.78, 5) is 53.6. The molecule has 0 bridgehead atoms. The van der Waals surface area contributed by atoms with Gasteiger partial charge in [-0.3, -0.25) is 14.4 Å². The molecule has 0 fully saturated rings. The van der Waals surface area contributed by atoms with E-state index in [0.29, 0.717) is 24.1 Å². The molecule has 0 aliphatic heterocycles. The molecule has 1 rings (SSSR count). The minimum atomic E-state index is -1.17. The summed E-state index contributed by atoms with van der Waals surface area (Å²) in [5.41, 5.74) is 4.77. The number of hydrogen-bond acceptors (Lipinski definition) is 6. The molecule has 0 saturated carbocycles. The first-order chi connectivity index (χ1) is 17.5. The van der Waals surface area contributed by atoms with Crippen molar-refractivity contribution in [3.05, 3.63) is 29.3 Å². The Balaban J connectivity index is 3.66. The molecule has 214 valence electrons. The molecule has 0 aliphatic carbocycles. The van der Waals surface area contributed by atoms with Crippen LogP contribution in [0.1, 0.15) is 97.7 Å². The van der Waals surface area contributed by atoms with Gasteiger partial charge in [0.25, 0.3) is 0 Å². The van der Waals surface area contributed by atoms with E-state index in [1.807, 2.05) is 27.7 Å². The van der Waals surface area contributed by atoms with Crippen molar-refractivity contribution in [2.45, 2.75) is 111 Å². The van der Waals surface area contributed by atoms with Crippen LogP contribution in [-0.4, -0.2) is 57.5 Å². The number of ether oxygens (including phenoxy) is 1. The monoisotopic (exact) mass is 534 g/mol. The molecule has 1 aromatic rings. The second-order valence-corrected chi connectivity index (χ2v) is 11.2. The third-order valence-electron chi connectivity index (χ3n) is 6.30. The maximum Gasteiger partial charge on any atom is 0.408 e. The molecule has 0 radical (unpaired) electrons. The first kappa shape index (κ1) is 32.7. The molecule has 2 atom stereocenters. The summed E-state index contributed by atoms with van der Waals surface area (Å²) in [6.07, 6.45) is 1.09. The van der Waals surface area contributed by atoms with Crippen LogP contribution in [0.25, 0.3) is 0 Å². The molecule has 0 aromatic heterocycles. The van der Waals surface area contributed by atoms with E-state index in [2.05, 4.69) is 10.6 Å². The molecule has 10 nitrogen and oxygen atoms in total. The fraction of sp³-hybridized carbons (Fsp3) is 0.643. The van der Waals surface area contributed by atoms with E-state index in [4.69, 9.17) is 10.5 Å². The van der Waals surface area contributed by atoms with Crippen LogP contribution in [0.5, 0.6) is 5.75 Å². The highest BCUT2D eigenvalue weighted by molar-refractivity contribution is 5.93. The fourth-order valence-electron chi connectivity index (χ4n) is 3.86. The summed E-state index contributed by atoms with van der Waals surface area (Å²) in [6.45, 7) is 14.8. The minimum absolute atomic E-state index is 0.0670. The first-order valence-electron chi connectivity index (χ1n) is 13.2. The highest BCUT2D eigenvalue weighted by Crippen LogP contribution is 2.34. The van der Waals surface area contributed by atoms with Gasteiger partial charge in [-0.05, 0) is 84.1 Å². The van der Waals surface area contributed by atoms with E-state index < -0.39 is 41.1 Å². The second kappa shape index (κ2) is 14.0. The van der Waals surface area contributed by atoms with Gasteiger partial charge in [-0.1, -0.05) is 26.3 Å². The highest BCUT2D eigenvalue weighted by atomic mass is 16.6. The predicted molar refractivity (Wildman–Crippen MR) is 146 cm³/mol. The number of nitrogens with one attached hydrogen (secondary N) is 2. The third kappa shape index (κ3) is 9.87.